The maximum atomic E-state index is 11.2. The second kappa shape index (κ2) is 8.74. The van der Waals surface area contributed by atoms with Crippen molar-refractivity contribution < 1.29 is 9.53 Å². The van der Waals surface area contributed by atoms with Gasteiger partial charge < -0.3 is 21.1 Å². The molecule has 1 amide bonds. The fourth-order valence-electron chi connectivity index (χ4n) is 1.12. The molecule has 0 aliphatic rings. The standard InChI is InChI=1S/C12H26N4O2/c1-5-14-11(15-7-6-8-18-4)16-9-12(2,3)10(13)17/h5-9H2,1-4H3,(H2,13,17)(H2,14,15,16). The molecule has 0 radical (unpaired) electrons. The summed E-state index contributed by atoms with van der Waals surface area (Å²) in [7, 11) is 1.68. The molecule has 106 valence electrons. The fraction of sp³-hybridized carbons (Fsp3) is 0.833. The van der Waals surface area contributed by atoms with Gasteiger partial charge in [0.1, 0.15) is 0 Å². The number of carbonyl (C=O) groups excluding carboxylic acids is 1. The first-order valence-corrected chi connectivity index (χ1v) is 6.25. The Morgan fingerprint density at radius 1 is 1.39 bits per heavy atom. The third-order valence-corrected chi connectivity index (χ3v) is 2.46. The van der Waals surface area contributed by atoms with Gasteiger partial charge in [-0.25, -0.2) is 0 Å². The number of nitrogens with two attached hydrogens (primary N) is 1. The van der Waals surface area contributed by atoms with Crippen LogP contribution in [0.4, 0.5) is 0 Å². The highest BCUT2D eigenvalue weighted by molar-refractivity contribution is 5.82. The number of rotatable bonds is 8. The van der Waals surface area contributed by atoms with Gasteiger partial charge in [-0.2, -0.15) is 0 Å². The number of carbonyl (C=O) groups is 1. The molecule has 0 aromatic heterocycles. The molecule has 4 N–H and O–H groups in total. The monoisotopic (exact) mass is 258 g/mol. The van der Waals surface area contributed by atoms with E-state index in [1.807, 2.05) is 6.92 Å². The molecule has 0 atom stereocenters. The van der Waals surface area contributed by atoms with Crippen molar-refractivity contribution in [1.29, 1.82) is 0 Å². The number of hydrogen-bond acceptors (Lipinski definition) is 3. The van der Waals surface area contributed by atoms with E-state index in [0.29, 0.717) is 19.1 Å². The van der Waals surface area contributed by atoms with Crippen molar-refractivity contribution in [2.75, 3.05) is 33.4 Å². The van der Waals surface area contributed by atoms with E-state index in [9.17, 15) is 4.79 Å². The van der Waals surface area contributed by atoms with Crippen LogP contribution >= 0.6 is 0 Å². The molecule has 18 heavy (non-hydrogen) atoms. The highest BCUT2D eigenvalue weighted by Crippen LogP contribution is 2.13. The summed E-state index contributed by atoms with van der Waals surface area (Å²) < 4.78 is 4.97. The summed E-state index contributed by atoms with van der Waals surface area (Å²) in [6.07, 6.45) is 0.903. The van der Waals surface area contributed by atoms with E-state index in [0.717, 1.165) is 19.5 Å². The largest absolute Gasteiger partial charge is 0.385 e. The van der Waals surface area contributed by atoms with Crippen LogP contribution < -0.4 is 16.4 Å². The average Bonchev–Trinajstić information content (AvgIpc) is 2.31. The summed E-state index contributed by atoms with van der Waals surface area (Å²) in [4.78, 5) is 15.5. The van der Waals surface area contributed by atoms with E-state index in [-0.39, 0.29) is 5.91 Å². The molecule has 0 aromatic carbocycles. The molecule has 0 aliphatic heterocycles. The second-order valence-electron chi connectivity index (χ2n) is 4.72. The predicted molar refractivity (Wildman–Crippen MR) is 73.4 cm³/mol. The first-order valence-electron chi connectivity index (χ1n) is 6.25. The predicted octanol–water partition coefficient (Wildman–Crippen LogP) is 0.0895. The lowest BCUT2D eigenvalue weighted by molar-refractivity contribution is -0.125. The Kier molecular flexibility index (Phi) is 8.11. The first-order chi connectivity index (χ1) is 8.44. The van der Waals surface area contributed by atoms with Crippen LogP contribution in [0.15, 0.2) is 4.99 Å². The van der Waals surface area contributed by atoms with Gasteiger partial charge in [0.05, 0.1) is 12.0 Å². The fourth-order valence-corrected chi connectivity index (χ4v) is 1.12. The molecule has 0 rings (SSSR count). The minimum atomic E-state index is -0.630. The Morgan fingerprint density at radius 3 is 2.56 bits per heavy atom. The van der Waals surface area contributed by atoms with Gasteiger partial charge in [-0.05, 0) is 27.2 Å². The molecule has 6 nitrogen and oxygen atoms in total. The number of hydrogen-bond donors (Lipinski definition) is 3. The molecule has 0 saturated carbocycles. The summed E-state index contributed by atoms with van der Waals surface area (Å²) in [6.45, 7) is 8.18. The maximum Gasteiger partial charge on any atom is 0.224 e. The molecule has 0 unspecified atom stereocenters. The highest BCUT2D eigenvalue weighted by atomic mass is 16.5. The molecular weight excluding hydrogens is 232 g/mol. The Bertz CT molecular complexity index is 277. The number of guanidine groups is 1. The first kappa shape index (κ1) is 16.7. The van der Waals surface area contributed by atoms with Crippen LogP contribution in [0.1, 0.15) is 27.2 Å². The molecule has 0 aliphatic carbocycles. The zero-order chi connectivity index (χ0) is 14.0. The van der Waals surface area contributed by atoms with Crippen molar-refractivity contribution in [2.45, 2.75) is 27.2 Å². The smallest absolute Gasteiger partial charge is 0.224 e. The van der Waals surface area contributed by atoms with E-state index in [2.05, 4.69) is 15.6 Å². The van der Waals surface area contributed by atoms with Crippen LogP contribution in [0, 0.1) is 5.41 Å². The van der Waals surface area contributed by atoms with Gasteiger partial charge in [0.2, 0.25) is 5.91 Å². The zero-order valence-electron chi connectivity index (χ0n) is 11.9. The Hall–Kier alpha value is -1.30. The summed E-state index contributed by atoms with van der Waals surface area (Å²) in [5.74, 6) is 0.351. The van der Waals surface area contributed by atoms with Crippen molar-refractivity contribution in [2.24, 2.45) is 16.1 Å². The topological polar surface area (TPSA) is 88.7 Å². The third kappa shape index (κ3) is 7.11. The van der Waals surface area contributed by atoms with Crippen LogP contribution in [0.25, 0.3) is 0 Å². The molecular formula is C12H26N4O2. The lowest BCUT2D eigenvalue weighted by Gasteiger charge is -2.19. The van der Waals surface area contributed by atoms with Gasteiger partial charge in [-0.1, -0.05) is 0 Å². The van der Waals surface area contributed by atoms with Gasteiger partial charge >= 0.3 is 0 Å². The van der Waals surface area contributed by atoms with Gasteiger partial charge in [0, 0.05) is 26.8 Å². The molecule has 0 saturated heterocycles. The number of aliphatic imine (C=N–C) groups is 1. The molecule has 6 heteroatoms. The van der Waals surface area contributed by atoms with Gasteiger partial charge in [0.25, 0.3) is 0 Å². The Morgan fingerprint density at radius 2 is 2.06 bits per heavy atom. The third-order valence-electron chi connectivity index (χ3n) is 2.46. The van der Waals surface area contributed by atoms with E-state index in [1.165, 1.54) is 0 Å². The van der Waals surface area contributed by atoms with Crippen LogP contribution in [-0.2, 0) is 9.53 Å². The number of amides is 1. The highest BCUT2D eigenvalue weighted by Gasteiger charge is 2.24. The minimum Gasteiger partial charge on any atom is -0.385 e. The maximum absolute atomic E-state index is 11.2. The zero-order valence-corrected chi connectivity index (χ0v) is 11.9. The van der Waals surface area contributed by atoms with Crippen LogP contribution in [0.5, 0.6) is 0 Å². The number of nitrogens with one attached hydrogen (secondary N) is 2. The van der Waals surface area contributed by atoms with Gasteiger partial charge in [0.15, 0.2) is 5.96 Å². The van der Waals surface area contributed by atoms with Crippen LogP contribution in [0.3, 0.4) is 0 Å². The number of methoxy groups -OCH3 is 1. The van der Waals surface area contributed by atoms with Gasteiger partial charge in [-0.3, -0.25) is 9.79 Å². The lowest BCUT2D eigenvalue weighted by atomic mass is 9.93. The molecule has 0 fully saturated rings. The molecule has 0 bridgehead atoms. The van der Waals surface area contributed by atoms with Crippen molar-refractivity contribution in [3.8, 4) is 0 Å². The summed E-state index contributed by atoms with van der Waals surface area (Å²) >= 11 is 0. The molecule has 0 aromatic rings. The summed E-state index contributed by atoms with van der Waals surface area (Å²) in [6, 6.07) is 0. The molecule has 0 heterocycles. The van der Waals surface area contributed by atoms with Crippen LogP contribution in [-0.4, -0.2) is 45.2 Å². The number of primary amides is 1. The second-order valence-corrected chi connectivity index (χ2v) is 4.72. The van der Waals surface area contributed by atoms with Crippen molar-refractivity contribution in [1.82, 2.24) is 10.6 Å². The molecule has 0 spiro atoms. The summed E-state index contributed by atoms with van der Waals surface area (Å²) in [5, 5.41) is 6.29. The number of ether oxygens (including phenoxy) is 1. The van der Waals surface area contributed by atoms with E-state index in [1.54, 1.807) is 21.0 Å². The lowest BCUT2D eigenvalue weighted by Crippen LogP contribution is -2.40. The van der Waals surface area contributed by atoms with E-state index in [4.69, 9.17) is 10.5 Å². The van der Waals surface area contributed by atoms with Gasteiger partial charge in [-0.15, -0.1) is 0 Å². The van der Waals surface area contributed by atoms with Crippen molar-refractivity contribution >= 4 is 11.9 Å². The normalized spacial score (nSPS) is 12.3. The summed E-state index contributed by atoms with van der Waals surface area (Å²) in [5.41, 5.74) is 4.67. The van der Waals surface area contributed by atoms with Crippen molar-refractivity contribution in [3.63, 3.8) is 0 Å². The van der Waals surface area contributed by atoms with E-state index < -0.39 is 5.41 Å². The SMILES string of the molecule is CCNC(=NCC(C)(C)C(N)=O)NCCCOC. The minimum absolute atomic E-state index is 0.346. The van der Waals surface area contributed by atoms with Crippen molar-refractivity contribution in [3.05, 3.63) is 0 Å². The average molecular weight is 258 g/mol. The van der Waals surface area contributed by atoms with E-state index >= 15 is 0 Å². The Balaban J connectivity index is 4.26. The Labute approximate surface area is 109 Å². The van der Waals surface area contributed by atoms with Crippen LogP contribution in [0.2, 0.25) is 0 Å². The quantitative estimate of drug-likeness (QED) is 0.327. The number of nitrogens with zero attached hydrogens (tertiary/aromatic N) is 1.